The minimum atomic E-state index is 0.160. The van der Waals surface area contributed by atoms with Crippen LogP contribution in [0.5, 0.6) is 11.5 Å². The number of para-hydroxylation sites is 3. The van der Waals surface area contributed by atoms with E-state index in [1.807, 2.05) is 30.3 Å². The number of hydrogen-bond donors (Lipinski definition) is 0. The number of methoxy groups -OCH3 is 1. The van der Waals surface area contributed by atoms with E-state index < -0.39 is 0 Å². The fraction of sp³-hybridized carbons (Fsp3) is 0.233. The zero-order chi connectivity index (χ0) is 24.2. The van der Waals surface area contributed by atoms with Gasteiger partial charge in [-0.25, -0.2) is 4.98 Å². The van der Waals surface area contributed by atoms with Crippen LogP contribution in [0.1, 0.15) is 37.1 Å². The molecule has 5 aromatic rings. The highest BCUT2D eigenvalue weighted by atomic mass is 35.5. The van der Waals surface area contributed by atoms with Gasteiger partial charge in [0, 0.05) is 12.5 Å². The fourth-order valence-electron chi connectivity index (χ4n) is 4.56. The molecule has 0 amide bonds. The predicted octanol–water partition coefficient (Wildman–Crippen LogP) is 7.86. The van der Waals surface area contributed by atoms with Crippen molar-refractivity contribution in [2.75, 3.05) is 13.7 Å². The van der Waals surface area contributed by atoms with E-state index >= 15 is 0 Å². The summed E-state index contributed by atoms with van der Waals surface area (Å²) in [5.41, 5.74) is 3.46. The Bertz CT molecular complexity index is 1460. The molecule has 4 aromatic carbocycles. The predicted molar refractivity (Wildman–Crippen MR) is 144 cm³/mol. The number of halogens is 1. The first-order valence-corrected chi connectivity index (χ1v) is 12.4. The van der Waals surface area contributed by atoms with Crippen molar-refractivity contribution in [3.63, 3.8) is 0 Å². The lowest BCUT2D eigenvalue weighted by Gasteiger charge is -2.16. The Morgan fingerprint density at radius 1 is 0.886 bits per heavy atom. The largest absolute Gasteiger partial charge is 0.497 e. The zero-order valence-electron chi connectivity index (χ0n) is 20.1. The minimum absolute atomic E-state index is 0.160. The maximum absolute atomic E-state index is 6.21. The van der Waals surface area contributed by atoms with Gasteiger partial charge in [0.15, 0.2) is 0 Å². The number of imidazole rings is 1. The van der Waals surface area contributed by atoms with Crippen LogP contribution in [0.15, 0.2) is 84.9 Å². The van der Waals surface area contributed by atoms with Crippen LogP contribution >= 0.6 is 11.6 Å². The smallest absolute Gasteiger partial charge is 0.137 e. The number of rotatable bonds is 9. The molecule has 1 aromatic heterocycles. The molecular weight excluding hydrogens is 456 g/mol. The lowest BCUT2D eigenvalue weighted by Crippen LogP contribution is -2.09. The van der Waals surface area contributed by atoms with E-state index in [4.69, 9.17) is 26.1 Å². The first-order valence-electron chi connectivity index (χ1n) is 12.0. The molecule has 0 N–H and O–H groups in total. The molecule has 0 saturated heterocycles. The van der Waals surface area contributed by atoms with Gasteiger partial charge < -0.3 is 14.0 Å². The second-order valence-electron chi connectivity index (χ2n) is 8.79. The summed E-state index contributed by atoms with van der Waals surface area (Å²) in [7, 11) is 1.70. The molecule has 1 atom stereocenters. The third-order valence-corrected chi connectivity index (χ3v) is 6.83. The van der Waals surface area contributed by atoms with Gasteiger partial charge in [0.25, 0.3) is 0 Å². The Balaban J connectivity index is 1.35. The Kier molecular flexibility index (Phi) is 6.91. The number of unbranched alkanes of at least 4 members (excludes halogenated alkanes) is 1. The van der Waals surface area contributed by atoms with Gasteiger partial charge in [-0.1, -0.05) is 67.1 Å². The summed E-state index contributed by atoms with van der Waals surface area (Å²) < 4.78 is 13.6. The van der Waals surface area contributed by atoms with Gasteiger partial charge in [-0.15, -0.1) is 0 Å². The van der Waals surface area contributed by atoms with E-state index in [2.05, 4.69) is 66.1 Å². The third-order valence-electron chi connectivity index (χ3n) is 6.51. The van der Waals surface area contributed by atoms with Gasteiger partial charge >= 0.3 is 0 Å². The standard InChI is InChI=1S/C30H29ClN2O2/c1-21(22-13-14-24-20-25(34-2)16-15-23(24)19-22)30-32-27-10-4-5-11-28(27)33(30)17-7-8-18-35-29-12-6-3-9-26(29)31/h3-6,9-16,19-21H,7-8,17-18H2,1-2H3. The molecule has 0 aliphatic heterocycles. The molecule has 4 nitrogen and oxygen atoms in total. The van der Waals surface area contributed by atoms with Crippen LogP contribution < -0.4 is 9.47 Å². The van der Waals surface area contributed by atoms with Crippen LogP contribution in [0.3, 0.4) is 0 Å². The first-order chi connectivity index (χ1) is 17.1. The van der Waals surface area contributed by atoms with Crippen molar-refractivity contribution in [1.29, 1.82) is 0 Å². The Labute approximate surface area is 211 Å². The van der Waals surface area contributed by atoms with Crippen molar-refractivity contribution in [3.8, 4) is 11.5 Å². The van der Waals surface area contributed by atoms with Crippen LogP contribution in [-0.4, -0.2) is 23.3 Å². The second-order valence-corrected chi connectivity index (χ2v) is 9.20. The van der Waals surface area contributed by atoms with Gasteiger partial charge in [-0.2, -0.15) is 0 Å². The van der Waals surface area contributed by atoms with Crippen molar-refractivity contribution in [2.45, 2.75) is 32.2 Å². The fourth-order valence-corrected chi connectivity index (χ4v) is 4.75. The summed E-state index contributed by atoms with van der Waals surface area (Å²) in [4.78, 5) is 5.05. The molecule has 0 radical (unpaired) electrons. The van der Waals surface area contributed by atoms with E-state index in [9.17, 15) is 0 Å². The van der Waals surface area contributed by atoms with Gasteiger partial charge in [-0.3, -0.25) is 0 Å². The molecular formula is C30H29ClN2O2. The highest BCUT2D eigenvalue weighted by molar-refractivity contribution is 6.32. The molecule has 5 rings (SSSR count). The van der Waals surface area contributed by atoms with E-state index in [-0.39, 0.29) is 5.92 Å². The highest BCUT2D eigenvalue weighted by Crippen LogP contribution is 2.31. The van der Waals surface area contributed by atoms with Crippen LogP contribution in [-0.2, 0) is 6.54 Å². The molecule has 35 heavy (non-hydrogen) atoms. The van der Waals surface area contributed by atoms with Crippen LogP contribution in [0.2, 0.25) is 5.02 Å². The van der Waals surface area contributed by atoms with Crippen molar-refractivity contribution < 1.29 is 9.47 Å². The lowest BCUT2D eigenvalue weighted by molar-refractivity contribution is 0.303. The summed E-state index contributed by atoms with van der Waals surface area (Å²) in [6.45, 7) is 3.76. The SMILES string of the molecule is COc1ccc2cc(C(C)c3nc4ccccc4n3CCCCOc3ccccc3Cl)ccc2c1. The summed E-state index contributed by atoms with van der Waals surface area (Å²) in [5, 5.41) is 3.03. The number of aromatic nitrogens is 2. The van der Waals surface area contributed by atoms with Gasteiger partial charge in [0.05, 0.1) is 29.8 Å². The summed E-state index contributed by atoms with van der Waals surface area (Å²) >= 11 is 6.21. The summed E-state index contributed by atoms with van der Waals surface area (Å²) in [6.07, 6.45) is 1.92. The average Bonchev–Trinajstić information content (AvgIpc) is 3.27. The molecule has 0 bridgehead atoms. The molecule has 5 heteroatoms. The Morgan fingerprint density at radius 2 is 1.66 bits per heavy atom. The number of aryl methyl sites for hydroxylation is 1. The summed E-state index contributed by atoms with van der Waals surface area (Å²) in [5.74, 6) is 2.86. The van der Waals surface area contributed by atoms with E-state index in [1.54, 1.807) is 7.11 Å². The topological polar surface area (TPSA) is 36.3 Å². The lowest BCUT2D eigenvalue weighted by atomic mass is 9.97. The quantitative estimate of drug-likeness (QED) is 0.200. The van der Waals surface area contributed by atoms with Crippen molar-refractivity contribution in [2.24, 2.45) is 0 Å². The highest BCUT2D eigenvalue weighted by Gasteiger charge is 2.18. The number of nitrogens with zero attached hydrogens (tertiary/aromatic N) is 2. The third kappa shape index (κ3) is 4.98. The van der Waals surface area contributed by atoms with Crippen molar-refractivity contribution >= 4 is 33.4 Å². The molecule has 178 valence electrons. The van der Waals surface area contributed by atoms with E-state index in [1.165, 1.54) is 21.9 Å². The normalized spacial score (nSPS) is 12.2. The molecule has 0 fully saturated rings. The van der Waals surface area contributed by atoms with Gasteiger partial charge in [-0.05, 0) is 65.6 Å². The van der Waals surface area contributed by atoms with Gasteiger partial charge in [0.1, 0.15) is 17.3 Å². The number of ether oxygens (including phenoxy) is 2. The number of benzene rings is 4. The first kappa shape index (κ1) is 23.3. The van der Waals surface area contributed by atoms with Crippen molar-refractivity contribution in [1.82, 2.24) is 9.55 Å². The maximum atomic E-state index is 6.21. The number of fused-ring (bicyclic) bond motifs is 2. The van der Waals surface area contributed by atoms with Crippen LogP contribution in [0.4, 0.5) is 0 Å². The maximum Gasteiger partial charge on any atom is 0.137 e. The molecule has 1 unspecified atom stereocenters. The molecule has 0 spiro atoms. The van der Waals surface area contributed by atoms with Crippen LogP contribution in [0, 0.1) is 0 Å². The molecule has 1 heterocycles. The number of hydrogen-bond acceptors (Lipinski definition) is 3. The zero-order valence-corrected chi connectivity index (χ0v) is 20.8. The van der Waals surface area contributed by atoms with Gasteiger partial charge in [0.2, 0.25) is 0 Å². The molecule has 0 saturated carbocycles. The average molecular weight is 485 g/mol. The minimum Gasteiger partial charge on any atom is -0.497 e. The monoisotopic (exact) mass is 484 g/mol. The summed E-state index contributed by atoms with van der Waals surface area (Å²) in [6, 6.07) is 28.8. The van der Waals surface area contributed by atoms with E-state index in [0.717, 1.165) is 42.2 Å². The molecule has 0 aliphatic carbocycles. The van der Waals surface area contributed by atoms with Crippen molar-refractivity contribution in [3.05, 3.63) is 101 Å². The Morgan fingerprint density at radius 3 is 2.51 bits per heavy atom. The second kappa shape index (κ2) is 10.4. The Hall–Kier alpha value is -3.50. The van der Waals surface area contributed by atoms with Crippen LogP contribution in [0.25, 0.3) is 21.8 Å². The molecule has 0 aliphatic rings. The van der Waals surface area contributed by atoms with E-state index in [0.29, 0.717) is 11.6 Å².